The number of carboxylic acids is 1. The van der Waals surface area contributed by atoms with Crippen molar-refractivity contribution < 1.29 is 18.3 Å². The van der Waals surface area contributed by atoms with Crippen LogP contribution in [-0.4, -0.2) is 55.2 Å². The number of rotatable bonds is 6. The van der Waals surface area contributed by atoms with E-state index in [1.807, 2.05) is 0 Å². The summed E-state index contributed by atoms with van der Waals surface area (Å²) >= 11 is 0. The van der Waals surface area contributed by atoms with Crippen LogP contribution in [0.25, 0.3) is 0 Å². The van der Waals surface area contributed by atoms with Gasteiger partial charge in [0.15, 0.2) is 5.75 Å². The lowest BCUT2D eigenvalue weighted by atomic mass is 9.98. The summed E-state index contributed by atoms with van der Waals surface area (Å²) < 4.78 is 25.5. The Morgan fingerprint density at radius 1 is 1.22 bits per heavy atom. The lowest BCUT2D eigenvalue weighted by molar-refractivity contribution is -0.134. The van der Waals surface area contributed by atoms with Crippen molar-refractivity contribution >= 4 is 16.0 Å². The van der Waals surface area contributed by atoms with Crippen molar-refractivity contribution in [1.29, 1.82) is 0 Å². The van der Waals surface area contributed by atoms with Gasteiger partial charge in [-0.05, 0) is 44.7 Å². The fourth-order valence-corrected chi connectivity index (χ4v) is 3.99. The molecule has 2 fully saturated rings. The van der Waals surface area contributed by atoms with E-state index in [2.05, 4.69) is 5.32 Å². The number of sulfonamides is 1. The van der Waals surface area contributed by atoms with E-state index in [0.29, 0.717) is 12.5 Å². The second-order valence-corrected chi connectivity index (χ2v) is 7.07. The molecule has 18 heavy (non-hydrogen) atoms. The second kappa shape index (κ2) is 5.54. The number of carbonyl (C=O) groups is 1. The Bertz CT molecular complexity index is 399. The maximum Gasteiger partial charge on any atom is 0.320 e. The third-order valence-corrected chi connectivity index (χ3v) is 5.29. The van der Waals surface area contributed by atoms with Gasteiger partial charge in [0.05, 0.1) is 0 Å². The predicted molar refractivity (Wildman–Crippen MR) is 66.7 cm³/mol. The summed E-state index contributed by atoms with van der Waals surface area (Å²) in [6.45, 7) is 2.33. The topological polar surface area (TPSA) is 86.7 Å². The predicted octanol–water partition coefficient (Wildman–Crippen LogP) is -0.135. The fraction of sp³-hybridized carbons (Fsp3) is 0.909. The Kier molecular flexibility index (Phi) is 4.24. The van der Waals surface area contributed by atoms with Crippen molar-refractivity contribution in [1.82, 2.24) is 9.62 Å². The molecule has 0 atom stereocenters. The molecule has 7 heteroatoms. The molecule has 2 aliphatic rings. The Balaban J connectivity index is 2.01. The number of nitrogens with zero attached hydrogens (tertiary/aromatic N) is 1. The normalized spacial score (nSPS) is 22.3. The molecular formula is C11H20N2O4S. The monoisotopic (exact) mass is 276 g/mol. The van der Waals surface area contributed by atoms with Crippen LogP contribution < -0.4 is 5.32 Å². The third-order valence-electron chi connectivity index (χ3n) is 3.51. The van der Waals surface area contributed by atoms with Crippen LogP contribution in [0.15, 0.2) is 0 Å². The van der Waals surface area contributed by atoms with Gasteiger partial charge in [-0.2, -0.15) is 4.31 Å². The van der Waals surface area contributed by atoms with Gasteiger partial charge in [0.1, 0.15) is 0 Å². The second-order valence-electron chi connectivity index (χ2n) is 5.14. The Morgan fingerprint density at radius 3 is 2.33 bits per heavy atom. The van der Waals surface area contributed by atoms with E-state index in [1.165, 1.54) is 4.31 Å². The maximum atomic E-state index is 12.0. The van der Waals surface area contributed by atoms with Crippen LogP contribution in [0.4, 0.5) is 0 Å². The third kappa shape index (κ3) is 3.66. The first-order valence-electron chi connectivity index (χ1n) is 6.41. The quantitative estimate of drug-likeness (QED) is 0.705. The highest BCUT2D eigenvalue weighted by Gasteiger charge is 2.39. The zero-order valence-corrected chi connectivity index (χ0v) is 11.2. The molecule has 1 saturated heterocycles. The number of piperidine rings is 1. The summed E-state index contributed by atoms with van der Waals surface area (Å²) in [6, 6.07) is 0.0456. The smallest absolute Gasteiger partial charge is 0.320 e. The molecule has 0 unspecified atom stereocenters. The van der Waals surface area contributed by atoms with Gasteiger partial charge in [-0.15, -0.1) is 0 Å². The van der Waals surface area contributed by atoms with Crippen molar-refractivity contribution in [2.75, 3.05) is 25.4 Å². The molecule has 1 aliphatic carbocycles. The Labute approximate surface area is 107 Å². The highest BCUT2D eigenvalue weighted by molar-refractivity contribution is 7.89. The summed E-state index contributed by atoms with van der Waals surface area (Å²) in [5.41, 5.74) is 0. The van der Waals surface area contributed by atoms with Gasteiger partial charge >= 0.3 is 5.97 Å². The molecule has 1 heterocycles. The molecule has 0 aromatic carbocycles. The molecule has 2 N–H and O–H groups in total. The summed E-state index contributed by atoms with van der Waals surface area (Å²) in [6.07, 6.45) is 3.66. The SMILES string of the molecule is O=C(O)CS(=O)(=O)N(CC1CCNCC1)C1CC1. The molecule has 0 aromatic rings. The van der Waals surface area contributed by atoms with Crippen LogP contribution in [0, 0.1) is 5.92 Å². The van der Waals surface area contributed by atoms with E-state index < -0.39 is 21.7 Å². The minimum Gasteiger partial charge on any atom is -0.480 e. The molecule has 0 bridgehead atoms. The number of nitrogens with one attached hydrogen (secondary N) is 1. The largest absolute Gasteiger partial charge is 0.480 e. The summed E-state index contributed by atoms with van der Waals surface area (Å²) in [4.78, 5) is 10.6. The minimum absolute atomic E-state index is 0.0456. The highest BCUT2D eigenvalue weighted by atomic mass is 32.2. The zero-order valence-electron chi connectivity index (χ0n) is 10.3. The first kappa shape index (κ1) is 13.8. The highest BCUT2D eigenvalue weighted by Crippen LogP contribution is 2.31. The molecule has 0 radical (unpaired) electrons. The van der Waals surface area contributed by atoms with Crippen LogP contribution in [0.3, 0.4) is 0 Å². The van der Waals surface area contributed by atoms with Gasteiger partial charge in [0, 0.05) is 12.6 Å². The van der Waals surface area contributed by atoms with E-state index in [4.69, 9.17) is 5.11 Å². The van der Waals surface area contributed by atoms with Gasteiger partial charge in [0.2, 0.25) is 10.0 Å². The van der Waals surface area contributed by atoms with Crippen molar-refractivity contribution in [3.8, 4) is 0 Å². The number of hydrogen-bond acceptors (Lipinski definition) is 4. The molecule has 2 rings (SSSR count). The van der Waals surface area contributed by atoms with Gasteiger partial charge in [-0.25, -0.2) is 8.42 Å². The average Bonchev–Trinajstić information content (AvgIpc) is 3.09. The zero-order chi connectivity index (χ0) is 13.2. The molecule has 6 nitrogen and oxygen atoms in total. The number of carboxylic acid groups (broad SMARTS) is 1. The van der Waals surface area contributed by atoms with Gasteiger partial charge in [-0.3, -0.25) is 4.79 Å². The molecular weight excluding hydrogens is 256 g/mol. The van der Waals surface area contributed by atoms with E-state index >= 15 is 0 Å². The first-order chi connectivity index (χ1) is 8.49. The van der Waals surface area contributed by atoms with Crippen LogP contribution in [0.5, 0.6) is 0 Å². The van der Waals surface area contributed by atoms with Crippen molar-refractivity contribution in [2.24, 2.45) is 5.92 Å². The maximum absolute atomic E-state index is 12.0. The van der Waals surface area contributed by atoms with E-state index in [1.54, 1.807) is 0 Å². The summed E-state index contributed by atoms with van der Waals surface area (Å²) in [5, 5.41) is 11.9. The molecule has 0 aromatic heterocycles. The summed E-state index contributed by atoms with van der Waals surface area (Å²) in [5.74, 6) is -1.70. The molecule has 1 saturated carbocycles. The van der Waals surface area contributed by atoms with E-state index in [9.17, 15) is 13.2 Å². The lowest BCUT2D eigenvalue weighted by Gasteiger charge is -2.29. The molecule has 104 valence electrons. The number of hydrogen-bond donors (Lipinski definition) is 2. The van der Waals surface area contributed by atoms with Crippen molar-refractivity contribution in [3.63, 3.8) is 0 Å². The average molecular weight is 276 g/mol. The van der Waals surface area contributed by atoms with Gasteiger partial charge in [0.25, 0.3) is 0 Å². The van der Waals surface area contributed by atoms with E-state index in [0.717, 1.165) is 38.8 Å². The molecule has 0 spiro atoms. The van der Waals surface area contributed by atoms with Crippen LogP contribution in [0.1, 0.15) is 25.7 Å². The van der Waals surface area contributed by atoms with Gasteiger partial charge < -0.3 is 10.4 Å². The van der Waals surface area contributed by atoms with Crippen molar-refractivity contribution in [2.45, 2.75) is 31.7 Å². The summed E-state index contributed by atoms with van der Waals surface area (Å²) in [7, 11) is -3.64. The Hall–Kier alpha value is -0.660. The Morgan fingerprint density at radius 2 is 1.83 bits per heavy atom. The standard InChI is InChI=1S/C11H20N2O4S/c14-11(15)8-18(16,17)13(10-1-2-10)7-9-3-5-12-6-4-9/h9-10,12H,1-8H2,(H,14,15). The van der Waals surface area contributed by atoms with Crippen molar-refractivity contribution in [3.05, 3.63) is 0 Å². The van der Waals surface area contributed by atoms with Crippen LogP contribution in [0.2, 0.25) is 0 Å². The van der Waals surface area contributed by atoms with Crippen LogP contribution >= 0.6 is 0 Å². The first-order valence-corrected chi connectivity index (χ1v) is 8.02. The number of aliphatic carboxylic acids is 1. The fourth-order valence-electron chi connectivity index (χ4n) is 2.41. The minimum atomic E-state index is -3.64. The molecule has 1 aliphatic heterocycles. The molecule has 0 amide bonds. The van der Waals surface area contributed by atoms with Gasteiger partial charge in [-0.1, -0.05) is 0 Å². The van der Waals surface area contributed by atoms with Crippen LogP contribution in [-0.2, 0) is 14.8 Å². The lowest BCUT2D eigenvalue weighted by Crippen LogP contribution is -2.42. The van der Waals surface area contributed by atoms with E-state index in [-0.39, 0.29) is 6.04 Å².